The summed E-state index contributed by atoms with van der Waals surface area (Å²) < 4.78 is 0. The summed E-state index contributed by atoms with van der Waals surface area (Å²) in [5.74, 6) is 0. The van der Waals surface area contributed by atoms with Gasteiger partial charge in [0.1, 0.15) is 0 Å². The van der Waals surface area contributed by atoms with Crippen molar-refractivity contribution < 1.29 is 0 Å². The number of aryl methyl sites for hydroxylation is 1. The van der Waals surface area contributed by atoms with Gasteiger partial charge in [-0.15, -0.1) is 12.4 Å². The Hall–Kier alpha value is -2.32. The highest BCUT2D eigenvalue weighted by atomic mass is 35.5. The number of halogens is 1. The number of nitrogens with zero attached hydrogens (tertiary/aromatic N) is 2. The molecule has 0 aliphatic carbocycles. The fourth-order valence-corrected chi connectivity index (χ4v) is 3.84. The van der Waals surface area contributed by atoms with E-state index in [1.165, 1.54) is 53.3 Å². The van der Waals surface area contributed by atoms with E-state index in [9.17, 15) is 0 Å². The first-order chi connectivity index (χ1) is 12.8. The first-order valence-corrected chi connectivity index (χ1v) is 9.69. The number of pyridine rings is 1. The second-order valence-corrected chi connectivity index (χ2v) is 7.20. The van der Waals surface area contributed by atoms with Gasteiger partial charge in [0, 0.05) is 25.0 Å². The Bertz CT molecular complexity index is 919. The van der Waals surface area contributed by atoms with E-state index >= 15 is 0 Å². The Morgan fingerprint density at radius 1 is 0.889 bits per heavy atom. The Morgan fingerprint density at radius 2 is 1.63 bits per heavy atom. The molecule has 1 saturated heterocycles. The molecule has 0 atom stereocenters. The van der Waals surface area contributed by atoms with Crippen molar-refractivity contribution in [1.29, 1.82) is 0 Å². The summed E-state index contributed by atoms with van der Waals surface area (Å²) in [6.07, 6.45) is 11.6. The predicted octanol–water partition coefficient (Wildman–Crippen LogP) is 6.52. The predicted molar refractivity (Wildman–Crippen MR) is 120 cm³/mol. The van der Waals surface area contributed by atoms with Gasteiger partial charge in [-0.2, -0.15) is 0 Å². The van der Waals surface area contributed by atoms with E-state index in [1.54, 1.807) is 0 Å². The zero-order valence-electron chi connectivity index (χ0n) is 15.9. The third-order valence-corrected chi connectivity index (χ3v) is 5.30. The van der Waals surface area contributed by atoms with Gasteiger partial charge < -0.3 is 4.90 Å². The van der Waals surface area contributed by atoms with E-state index in [0.29, 0.717) is 0 Å². The molecule has 1 aliphatic heterocycles. The van der Waals surface area contributed by atoms with Gasteiger partial charge in [0.25, 0.3) is 0 Å². The Balaban J connectivity index is 0.00000210. The maximum absolute atomic E-state index is 4.64. The molecule has 0 amide bonds. The van der Waals surface area contributed by atoms with Gasteiger partial charge in [-0.25, -0.2) is 0 Å². The molecule has 3 aromatic rings. The van der Waals surface area contributed by atoms with Crippen LogP contribution in [0.4, 0.5) is 5.69 Å². The van der Waals surface area contributed by atoms with Crippen molar-refractivity contribution in [1.82, 2.24) is 4.98 Å². The van der Waals surface area contributed by atoms with E-state index in [2.05, 4.69) is 77.5 Å². The first kappa shape index (κ1) is 19.4. The third kappa shape index (κ3) is 4.51. The highest BCUT2D eigenvalue weighted by molar-refractivity contribution is 5.92. The molecule has 0 spiro atoms. The molecule has 2 heterocycles. The molecule has 27 heavy (non-hydrogen) atoms. The zero-order chi connectivity index (χ0) is 17.8. The summed E-state index contributed by atoms with van der Waals surface area (Å²) in [5, 5.41) is 2.56. The van der Waals surface area contributed by atoms with Crippen molar-refractivity contribution in [2.24, 2.45) is 0 Å². The van der Waals surface area contributed by atoms with Gasteiger partial charge in [-0.3, -0.25) is 4.98 Å². The second kappa shape index (κ2) is 9.05. The van der Waals surface area contributed by atoms with E-state index < -0.39 is 0 Å². The monoisotopic (exact) mass is 378 g/mol. The van der Waals surface area contributed by atoms with Gasteiger partial charge >= 0.3 is 0 Å². The van der Waals surface area contributed by atoms with Crippen LogP contribution in [0.15, 0.2) is 54.7 Å². The quantitative estimate of drug-likeness (QED) is 0.516. The maximum Gasteiger partial charge on any atom is 0.0650 e. The largest absolute Gasteiger partial charge is 0.371 e. The van der Waals surface area contributed by atoms with Gasteiger partial charge in [-0.1, -0.05) is 61.4 Å². The van der Waals surface area contributed by atoms with E-state index in [0.717, 1.165) is 18.8 Å². The van der Waals surface area contributed by atoms with Crippen molar-refractivity contribution in [3.8, 4) is 0 Å². The molecule has 0 saturated carbocycles. The van der Waals surface area contributed by atoms with E-state index in [4.69, 9.17) is 0 Å². The smallest absolute Gasteiger partial charge is 0.0650 e. The van der Waals surface area contributed by atoms with Crippen molar-refractivity contribution in [2.75, 3.05) is 18.0 Å². The molecule has 0 radical (unpaired) electrons. The van der Waals surface area contributed by atoms with Crippen LogP contribution in [0.2, 0.25) is 0 Å². The third-order valence-electron chi connectivity index (χ3n) is 5.30. The lowest BCUT2D eigenvalue weighted by atomic mass is 10.0. The van der Waals surface area contributed by atoms with Crippen molar-refractivity contribution in [3.63, 3.8) is 0 Å². The van der Waals surface area contributed by atoms with Gasteiger partial charge in [0.15, 0.2) is 0 Å². The standard InChI is InChI=1S/C24H26N2.ClH/c1-19-18-25-22(17-24(19)26-15-6-2-3-7-16-26)14-13-21-11-8-10-20-9-4-5-12-23(20)21;/h4-5,8-14,17-18H,2-3,6-7,15-16H2,1H3;1H. The molecule has 3 heteroatoms. The van der Waals surface area contributed by atoms with Crippen molar-refractivity contribution in [2.45, 2.75) is 32.6 Å². The number of rotatable bonds is 3. The maximum atomic E-state index is 4.64. The average molecular weight is 379 g/mol. The topological polar surface area (TPSA) is 16.1 Å². The van der Waals surface area contributed by atoms with Crippen LogP contribution >= 0.6 is 12.4 Å². The molecule has 0 bridgehead atoms. The molecule has 1 aromatic heterocycles. The summed E-state index contributed by atoms with van der Waals surface area (Å²) in [4.78, 5) is 7.18. The van der Waals surface area contributed by atoms with Gasteiger partial charge in [0.2, 0.25) is 0 Å². The molecular weight excluding hydrogens is 352 g/mol. The minimum atomic E-state index is 0. The van der Waals surface area contributed by atoms with Crippen molar-refractivity contribution >= 4 is 41.0 Å². The van der Waals surface area contributed by atoms with Gasteiger partial charge in [-0.05, 0) is 53.8 Å². The molecule has 140 valence electrons. The molecular formula is C24H27ClN2. The highest BCUT2D eigenvalue weighted by Crippen LogP contribution is 2.25. The minimum Gasteiger partial charge on any atom is -0.371 e. The summed E-state index contributed by atoms with van der Waals surface area (Å²) in [6, 6.07) is 17.2. The zero-order valence-corrected chi connectivity index (χ0v) is 16.7. The van der Waals surface area contributed by atoms with Crippen molar-refractivity contribution in [3.05, 3.63) is 71.5 Å². The average Bonchev–Trinajstić information content (AvgIpc) is 2.97. The van der Waals surface area contributed by atoms with Gasteiger partial charge in [0.05, 0.1) is 5.69 Å². The normalized spacial score (nSPS) is 14.9. The number of benzene rings is 2. The van der Waals surface area contributed by atoms with Crippen LogP contribution in [0.3, 0.4) is 0 Å². The van der Waals surface area contributed by atoms with E-state index in [1.807, 2.05) is 6.20 Å². The second-order valence-electron chi connectivity index (χ2n) is 7.20. The van der Waals surface area contributed by atoms with Crippen LogP contribution in [0, 0.1) is 6.92 Å². The number of hydrogen-bond acceptors (Lipinski definition) is 2. The van der Waals surface area contributed by atoms with Crippen LogP contribution < -0.4 is 4.90 Å². The summed E-state index contributed by atoms with van der Waals surface area (Å²) in [5.41, 5.74) is 4.89. The molecule has 1 aliphatic rings. The molecule has 0 unspecified atom stereocenters. The summed E-state index contributed by atoms with van der Waals surface area (Å²) in [7, 11) is 0. The lowest BCUT2D eigenvalue weighted by Crippen LogP contribution is -2.24. The lowest BCUT2D eigenvalue weighted by Gasteiger charge is -2.24. The van der Waals surface area contributed by atoms with Crippen LogP contribution in [0.25, 0.3) is 22.9 Å². The van der Waals surface area contributed by atoms with Crippen LogP contribution in [-0.2, 0) is 0 Å². The minimum absolute atomic E-state index is 0. The highest BCUT2D eigenvalue weighted by Gasteiger charge is 2.12. The molecule has 4 rings (SSSR count). The lowest BCUT2D eigenvalue weighted by molar-refractivity contribution is 0.726. The Kier molecular flexibility index (Phi) is 6.52. The number of hydrogen-bond donors (Lipinski definition) is 0. The molecule has 1 fully saturated rings. The van der Waals surface area contributed by atoms with Crippen LogP contribution in [0.1, 0.15) is 42.5 Å². The molecule has 0 N–H and O–H groups in total. The fourth-order valence-electron chi connectivity index (χ4n) is 3.84. The Morgan fingerprint density at radius 3 is 2.44 bits per heavy atom. The molecule has 2 nitrogen and oxygen atoms in total. The summed E-state index contributed by atoms with van der Waals surface area (Å²) in [6.45, 7) is 4.50. The number of fused-ring (bicyclic) bond motifs is 1. The van der Waals surface area contributed by atoms with Crippen LogP contribution in [0.5, 0.6) is 0 Å². The SMILES string of the molecule is Cc1cnc(C=Cc2cccc3ccccc23)cc1N1CCCCCC1.Cl. The molecule has 2 aromatic carbocycles. The fraction of sp³-hybridized carbons (Fsp3) is 0.292. The Labute approximate surface area is 168 Å². The first-order valence-electron chi connectivity index (χ1n) is 9.69. The van der Waals surface area contributed by atoms with E-state index in [-0.39, 0.29) is 12.4 Å². The number of anilines is 1. The summed E-state index contributed by atoms with van der Waals surface area (Å²) >= 11 is 0. The van der Waals surface area contributed by atoms with Crippen LogP contribution in [-0.4, -0.2) is 18.1 Å². The number of aromatic nitrogens is 1.